The van der Waals surface area contributed by atoms with Crippen LogP contribution in [-0.2, 0) is 13.5 Å². The second-order valence-electron chi connectivity index (χ2n) is 4.49. The fourth-order valence-corrected chi connectivity index (χ4v) is 3.14. The monoisotopic (exact) mass is 434 g/mol. The molecule has 1 aromatic carbocycles. The van der Waals surface area contributed by atoms with Gasteiger partial charge in [0.2, 0.25) is 0 Å². The van der Waals surface area contributed by atoms with Gasteiger partial charge in [0, 0.05) is 27.2 Å². The number of nitrogens with zero attached hydrogens (tertiary/aromatic N) is 2. The Labute approximate surface area is 135 Å². The number of hydrogen-bond donors (Lipinski definition) is 2. The molecular formula is C13H16BrIN4. The van der Waals surface area contributed by atoms with E-state index in [1.807, 2.05) is 18.7 Å². The molecule has 1 heterocycles. The first-order chi connectivity index (χ1) is 9.01. The topological polar surface area (TPSA) is 55.9 Å². The van der Waals surface area contributed by atoms with Crippen molar-refractivity contribution in [2.75, 3.05) is 0 Å². The van der Waals surface area contributed by atoms with E-state index in [0.29, 0.717) is 0 Å². The zero-order chi connectivity index (χ0) is 14.0. The van der Waals surface area contributed by atoms with Crippen LogP contribution in [0, 0.1) is 10.5 Å². The number of benzene rings is 1. The first kappa shape index (κ1) is 15.0. The molecule has 4 nitrogen and oxygen atoms in total. The second kappa shape index (κ2) is 6.34. The minimum atomic E-state index is 0.0545. The molecule has 0 aliphatic heterocycles. The van der Waals surface area contributed by atoms with Crippen LogP contribution in [0.25, 0.3) is 0 Å². The maximum Gasteiger partial charge on any atom is 0.0596 e. The van der Waals surface area contributed by atoms with Crippen molar-refractivity contribution < 1.29 is 0 Å². The third kappa shape index (κ3) is 3.56. The quantitative estimate of drug-likeness (QED) is 0.442. The molecular weight excluding hydrogens is 419 g/mol. The maximum atomic E-state index is 5.73. The van der Waals surface area contributed by atoms with Gasteiger partial charge in [-0.25, -0.2) is 0 Å². The van der Waals surface area contributed by atoms with Crippen LogP contribution in [0.5, 0.6) is 0 Å². The summed E-state index contributed by atoms with van der Waals surface area (Å²) in [6, 6.07) is 8.40. The van der Waals surface area contributed by atoms with Gasteiger partial charge in [-0.15, -0.1) is 0 Å². The van der Waals surface area contributed by atoms with Crippen molar-refractivity contribution in [3.8, 4) is 0 Å². The van der Waals surface area contributed by atoms with Crippen LogP contribution >= 0.6 is 38.5 Å². The van der Waals surface area contributed by atoms with Crippen LogP contribution in [0.1, 0.15) is 23.0 Å². The molecule has 19 heavy (non-hydrogen) atoms. The van der Waals surface area contributed by atoms with Gasteiger partial charge in [0.25, 0.3) is 0 Å². The van der Waals surface area contributed by atoms with E-state index in [2.05, 4.69) is 73.3 Å². The van der Waals surface area contributed by atoms with Crippen LogP contribution in [0.15, 0.2) is 28.7 Å². The van der Waals surface area contributed by atoms with Gasteiger partial charge in [0.15, 0.2) is 0 Å². The van der Waals surface area contributed by atoms with Gasteiger partial charge in [0.1, 0.15) is 0 Å². The summed E-state index contributed by atoms with van der Waals surface area (Å²) in [4.78, 5) is 0. The van der Waals surface area contributed by atoms with Gasteiger partial charge in [-0.05, 0) is 59.3 Å². The molecule has 102 valence electrons. The Hall–Kier alpha value is -0.440. The predicted octanol–water partition coefficient (Wildman–Crippen LogP) is 2.84. The summed E-state index contributed by atoms with van der Waals surface area (Å²) in [6.07, 6.45) is 0.798. The lowest BCUT2D eigenvalue weighted by Crippen LogP contribution is -2.30. The Morgan fingerprint density at radius 1 is 1.47 bits per heavy atom. The van der Waals surface area contributed by atoms with E-state index in [9.17, 15) is 0 Å². The summed E-state index contributed by atoms with van der Waals surface area (Å²) in [7, 11) is 1.96. The van der Waals surface area contributed by atoms with Crippen molar-refractivity contribution in [1.29, 1.82) is 0 Å². The Morgan fingerprint density at radius 2 is 2.21 bits per heavy atom. The fraction of sp³-hybridized carbons (Fsp3) is 0.308. The molecule has 2 rings (SSSR count). The number of nitrogens with two attached hydrogens (primary N) is 1. The van der Waals surface area contributed by atoms with E-state index in [1.54, 1.807) is 0 Å². The van der Waals surface area contributed by atoms with Crippen LogP contribution in [-0.4, -0.2) is 9.78 Å². The van der Waals surface area contributed by atoms with Crippen molar-refractivity contribution in [3.05, 3.63) is 49.3 Å². The molecule has 1 unspecified atom stereocenters. The van der Waals surface area contributed by atoms with E-state index in [4.69, 9.17) is 5.84 Å². The molecule has 2 aromatic rings. The summed E-state index contributed by atoms with van der Waals surface area (Å²) in [5.41, 5.74) is 6.24. The van der Waals surface area contributed by atoms with Crippen molar-refractivity contribution in [2.24, 2.45) is 12.9 Å². The Bertz CT molecular complexity index is 582. The zero-order valence-corrected chi connectivity index (χ0v) is 14.6. The van der Waals surface area contributed by atoms with Gasteiger partial charge in [-0.1, -0.05) is 15.9 Å². The molecule has 0 fully saturated rings. The maximum absolute atomic E-state index is 5.73. The molecule has 0 aliphatic rings. The van der Waals surface area contributed by atoms with E-state index in [1.165, 1.54) is 3.57 Å². The van der Waals surface area contributed by atoms with Gasteiger partial charge < -0.3 is 0 Å². The highest BCUT2D eigenvalue weighted by Crippen LogP contribution is 2.27. The number of halogens is 2. The molecule has 0 amide bonds. The van der Waals surface area contributed by atoms with Crippen LogP contribution in [0.4, 0.5) is 0 Å². The van der Waals surface area contributed by atoms with Gasteiger partial charge in [0.05, 0.1) is 11.7 Å². The molecule has 1 atom stereocenters. The minimum absolute atomic E-state index is 0.0545. The number of aryl methyl sites for hydroxylation is 2. The van der Waals surface area contributed by atoms with Crippen molar-refractivity contribution in [1.82, 2.24) is 15.2 Å². The van der Waals surface area contributed by atoms with Crippen molar-refractivity contribution in [3.63, 3.8) is 0 Å². The van der Waals surface area contributed by atoms with Crippen molar-refractivity contribution in [2.45, 2.75) is 19.4 Å². The number of aromatic nitrogens is 2. The van der Waals surface area contributed by atoms with Crippen molar-refractivity contribution >= 4 is 38.5 Å². The Kier molecular flexibility index (Phi) is 4.99. The number of hydrogen-bond acceptors (Lipinski definition) is 3. The van der Waals surface area contributed by atoms with Gasteiger partial charge >= 0.3 is 0 Å². The van der Waals surface area contributed by atoms with Gasteiger partial charge in [-0.3, -0.25) is 16.0 Å². The van der Waals surface area contributed by atoms with E-state index < -0.39 is 0 Å². The summed E-state index contributed by atoms with van der Waals surface area (Å²) in [6.45, 7) is 2.00. The highest BCUT2D eigenvalue weighted by Gasteiger charge is 2.16. The minimum Gasteiger partial charge on any atom is -0.272 e. The number of hydrazine groups is 1. The van der Waals surface area contributed by atoms with Gasteiger partial charge in [-0.2, -0.15) is 5.10 Å². The smallest absolute Gasteiger partial charge is 0.0596 e. The van der Waals surface area contributed by atoms with Crippen LogP contribution in [0.2, 0.25) is 0 Å². The van der Waals surface area contributed by atoms with E-state index >= 15 is 0 Å². The lowest BCUT2D eigenvalue weighted by molar-refractivity contribution is 0.528. The Balaban J connectivity index is 2.30. The first-order valence-corrected chi connectivity index (χ1v) is 7.79. The van der Waals surface area contributed by atoms with E-state index in [-0.39, 0.29) is 6.04 Å². The lowest BCUT2D eigenvalue weighted by atomic mass is 10.0. The summed E-state index contributed by atoms with van der Waals surface area (Å²) in [5, 5.41) is 4.37. The molecule has 0 bridgehead atoms. The summed E-state index contributed by atoms with van der Waals surface area (Å²) < 4.78 is 4.16. The first-order valence-electron chi connectivity index (χ1n) is 5.92. The fourth-order valence-electron chi connectivity index (χ4n) is 2.10. The predicted molar refractivity (Wildman–Crippen MR) is 88.6 cm³/mol. The number of nitrogens with one attached hydrogen (secondary N) is 1. The largest absolute Gasteiger partial charge is 0.272 e. The second-order valence-corrected chi connectivity index (χ2v) is 6.59. The molecule has 0 radical (unpaired) electrons. The summed E-state index contributed by atoms with van der Waals surface area (Å²) in [5.74, 6) is 5.73. The summed E-state index contributed by atoms with van der Waals surface area (Å²) >= 11 is 5.89. The van der Waals surface area contributed by atoms with Crippen LogP contribution in [0.3, 0.4) is 0 Å². The molecule has 6 heteroatoms. The number of rotatable bonds is 4. The molecule has 1 aromatic heterocycles. The van der Waals surface area contributed by atoms with E-state index in [0.717, 1.165) is 27.8 Å². The zero-order valence-electron chi connectivity index (χ0n) is 10.8. The van der Waals surface area contributed by atoms with Crippen LogP contribution < -0.4 is 11.3 Å². The SMILES string of the molecule is Cc1cc(CC(NN)c2cc(I)ccc2Br)n(C)n1. The Morgan fingerprint density at radius 3 is 2.79 bits per heavy atom. The third-order valence-corrected chi connectivity index (χ3v) is 4.44. The molecule has 0 spiro atoms. The lowest BCUT2D eigenvalue weighted by Gasteiger charge is -2.18. The average Bonchev–Trinajstić information content (AvgIpc) is 2.68. The third-order valence-electron chi connectivity index (χ3n) is 3.05. The highest BCUT2D eigenvalue weighted by molar-refractivity contribution is 14.1. The normalized spacial score (nSPS) is 12.7. The molecule has 0 saturated carbocycles. The molecule has 0 aliphatic carbocycles. The molecule has 3 N–H and O–H groups in total. The average molecular weight is 435 g/mol. The molecule has 0 saturated heterocycles. The standard InChI is InChI=1S/C13H16BrIN4/c1-8-5-10(19(2)18-8)7-13(17-16)11-6-9(15)3-4-12(11)14/h3-6,13,17H,7,16H2,1-2H3. The highest BCUT2D eigenvalue weighted by atomic mass is 127.